The Kier molecular flexibility index (Phi) is 4.27. The minimum Gasteiger partial charge on any atom is -0.326 e. The van der Waals surface area contributed by atoms with E-state index < -0.39 is 17.3 Å². The number of nitrogens with one attached hydrogen (secondary N) is 2. The van der Waals surface area contributed by atoms with E-state index in [0.717, 1.165) is 5.56 Å². The van der Waals surface area contributed by atoms with Crippen molar-refractivity contribution in [1.82, 2.24) is 0 Å². The van der Waals surface area contributed by atoms with E-state index in [1.807, 2.05) is 13.8 Å². The van der Waals surface area contributed by atoms with Crippen molar-refractivity contribution >= 4 is 23.2 Å². The molecule has 114 valence electrons. The highest BCUT2D eigenvalue weighted by atomic mass is 19.1. The third kappa shape index (κ3) is 3.05. The molecular weight excluding hydrogens is 273 g/mol. The summed E-state index contributed by atoms with van der Waals surface area (Å²) in [5.74, 6) is -1.05. The third-order valence-electron chi connectivity index (χ3n) is 4.05. The van der Waals surface area contributed by atoms with Crippen molar-refractivity contribution < 1.29 is 14.0 Å². The summed E-state index contributed by atoms with van der Waals surface area (Å²) in [7, 11) is 0. The van der Waals surface area contributed by atoms with Gasteiger partial charge in [0, 0.05) is 12.1 Å². The molecule has 4 N–H and O–H groups in total. The minimum atomic E-state index is -1.02. The molecule has 1 aromatic carbocycles. The van der Waals surface area contributed by atoms with E-state index in [-0.39, 0.29) is 11.6 Å². The molecule has 0 saturated heterocycles. The first-order chi connectivity index (χ1) is 9.89. The molecule has 0 spiro atoms. The maximum Gasteiger partial charge on any atom is 0.244 e. The van der Waals surface area contributed by atoms with Crippen LogP contribution in [0.25, 0.3) is 0 Å². The summed E-state index contributed by atoms with van der Waals surface area (Å²) in [6.45, 7) is 3.62. The van der Waals surface area contributed by atoms with Gasteiger partial charge in [-0.2, -0.15) is 0 Å². The van der Waals surface area contributed by atoms with E-state index in [1.165, 1.54) is 12.1 Å². The van der Waals surface area contributed by atoms with Gasteiger partial charge < -0.3 is 16.4 Å². The number of rotatable bonds is 4. The first-order valence-corrected chi connectivity index (χ1v) is 7.12. The second-order valence-electron chi connectivity index (χ2n) is 5.35. The Hall–Kier alpha value is -1.95. The summed E-state index contributed by atoms with van der Waals surface area (Å²) in [4.78, 5) is 23.6. The van der Waals surface area contributed by atoms with Gasteiger partial charge in [-0.05, 0) is 37.0 Å². The largest absolute Gasteiger partial charge is 0.326 e. The van der Waals surface area contributed by atoms with E-state index >= 15 is 0 Å². The predicted octanol–water partition coefficient (Wildman–Crippen LogP) is 2.17. The number of carbonyl (C=O) groups excluding carboxylic acids is 2. The van der Waals surface area contributed by atoms with E-state index in [4.69, 9.17) is 5.73 Å². The summed E-state index contributed by atoms with van der Waals surface area (Å²) >= 11 is 0. The molecule has 0 bridgehead atoms. The van der Waals surface area contributed by atoms with Crippen molar-refractivity contribution in [2.45, 2.75) is 45.1 Å². The number of hydrogen-bond acceptors (Lipinski definition) is 3. The van der Waals surface area contributed by atoms with E-state index in [9.17, 15) is 14.0 Å². The number of amides is 2. The van der Waals surface area contributed by atoms with Gasteiger partial charge in [0.15, 0.2) is 0 Å². The molecule has 0 unspecified atom stereocenters. The number of carbonyl (C=O) groups is 2. The van der Waals surface area contributed by atoms with Crippen LogP contribution in [0.4, 0.5) is 15.8 Å². The Balaban J connectivity index is 2.27. The topological polar surface area (TPSA) is 84.2 Å². The van der Waals surface area contributed by atoms with E-state index in [1.54, 1.807) is 0 Å². The maximum absolute atomic E-state index is 14.1. The number of anilines is 2. The van der Waals surface area contributed by atoms with E-state index in [0.29, 0.717) is 31.4 Å². The molecule has 2 rings (SSSR count). The van der Waals surface area contributed by atoms with Crippen LogP contribution in [0, 0.1) is 5.82 Å². The Morgan fingerprint density at radius 1 is 1.38 bits per heavy atom. The molecular formula is C15H20FN3O2. The number of benzene rings is 1. The van der Waals surface area contributed by atoms with Crippen molar-refractivity contribution in [3.05, 3.63) is 23.5 Å². The average Bonchev–Trinajstić information content (AvgIpc) is 2.47. The number of aryl methyl sites for hydroxylation is 1. The smallest absolute Gasteiger partial charge is 0.244 e. The van der Waals surface area contributed by atoms with Crippen molar-refractivity contribution in [3.63, 3.8) is 0 Å². The van der Waals surface area contributed by atoms with E-state index in [2.05, 4.69) is 10.6 Å². The van der Waals surface area contributed by atoms with Crippen LogP contribution in [0.1, 0.15) is 38.7 Å². The Bertz CT molecular complexity index is 583. The van der Waals surface area contributed by atoms with Gasteiger partial charge >= 0.3 is 0 Å². The molecule has 1 heterocycles. The van der Waals surface area contributed by atoms with Crippen LogP contribution in [0.5, 0.6) is 0 Å². The second-order valence-corrected chi connectivity index (χ2v) is 5.35. The fourth-order valence-electron chi connectivity index (χ4n) is 2.31. The van der Waals surface area contributed by atoms with Crippen molar-refractivity contribution in [3.8, 4) is 0 Å². The molecule has 5 nitrogen and oxygen atoms in total. The molecule has 0 aliphatic carbocycles. The lowest BCUT2D eigenvalue weighted by molar-refractivity contribution is -0.121. The van der Waals surface area contributed by atoms with Gasteiger partial charge in [-0.3, -0.25) is 9.59 Å². The standard InChI is InChI=1S/C15H20FN3O2/c1-3-15(17,4-2)14(21)19-12-8-11-9(7-10(12)16)5-6-13(20)18-11/h7-8H,3-6,17H2,1-2H3,(H,18,20)(H,19,21). The molecule has 6 heteroatoms. The molecule has 21 heavy (non-hydrogen) atoms. The lowest BCUT2D eigenvalue weighted by Crippen LogP contribution is -2.50. The number of halogens is 1. The zero-order valence-corrected chi connectivity index (χ0v) is 12.3. The molecule has 0 radical (unpaired) electrons. The zero-order valence-electron chi connectivity index (χ0n) is 12.3. The van der Waals surface area contributed by atoms with Gasteiger partial charge in [0.25, 0.3) is 0 Å². The Morgan fingerprint density at radius 2 is 2.05 bits per heavy atom. The highest BCUT2D eigenvalue weighted by molar-refractivity contribution is 5.99. The third-order valence-corrected chi connectivity index (χ3v) is 4.05. The van der Waals surface area contributed by atoms with Crippen LogP contribution >= 0.6 is 0 Å². The number of nitrogens with two attached hydrogens (primary N) is 1. The van der Waals surface area contributed by atoms with Crippen LogP contribution in [-0.2, 0) is 16.0 Å². The summed E-state index contributed by atoms with van der Waals surface area (Å²) in [6, 6.07) is 2.80. The van der Waals surface area contributed by atoms with Crippen molar-refractivity contribution in [2.75, 3.05) is 10.6 Å². The summed E-state index contributed by atoms with van der Waals surface area (Å²) in [5.41, 5.74) is 6.28. The monoisotopic (exact) mass is 293 g/mol. The first-order valence-electron chi connectivity index (χ1n) is 7.12. The SMILES string of the molecule is CCC(N)(CC)C(=O)Nc1cc2c(cc1F)CCC(=O)N2. The minimum absolute atomic E-state index is 0.0395. The highest BCUT2D eigenvalue weighted by Gasteiger charge is 2.30. The summed E-state index contributed by atoms with van der Waals surface area (Å²) in [5, 5.41) is 5.21. The first kappa shape index (κ1) is 15.4. The van der Waals surface area contributed by atoms with Gasteiger partial charge in [-0.25, -0.2) is 4.39 Å². The molecule has 2 amide bonds. The number of fused-ring (bicyclic) bond motifs is 1. The Morgan fingerprint density at radius 3 is 2.67 bits per heavy atom. The van der Waals surface area contributed by atoms with Crippen LogP contribution in [0.3, 0.4) is 0 Å². The van der Waals surface area contributed by atoms with Gasteiger partial charge in [0.05, 0.1) is 11.2 Å². The van der Waals surface area contributed by atoms with Crippen LogP contribution < -0.4 is 16.4 Å². The fraction of sp³-hybridized carbons (Fsp3) is 0.467. The Labute approximate surface area is 123 Å². The van der Waals surface area contributed by atoms with Crippen molar-refractivity contribution in [1.29, 1.82) is 0 Å². The lowest BCUT2D eigenvalue weighted by Gasteiger charge is -2.26. The quantitative estimate of drug-likeness (QED) is 0.795. The van der Waals surface area contributed by atoms with Gasteiger partial charge in [0.1, 0.15) is 5.82 Å². The van der Waals surface area contributed by atoms with Gasteiger partial charge in [0.2, 0.25) is 11.8 Å². The molecule has 1 aliphatic rings. The fourth-order valence-corrected chi connectivity index (χ4v) is 2.31. The van der Waals surface area contributed by atoms with Crippen molar-refractivity contribution in [2.24, 2.45) is 5.73 Å². The predicted molar refractivity (Wildman–Crippen MR) is 79.5 cm³/mol. The molecule has 0 aromatic heterocycles. The molecule has 1 aromatic rings. The van der Waals surface area contributed by atoms with Crippen LogP contribution in [0.2, 0.25) is 0 Å². The van der Waals surface area contributed by atoms with Gasteiger partial charge in [-0.1, -0.05) is 13.8 Å². The normalized spacial score (nSPS) is 14.4. The molecule has 1 aliphatic heterocycles. The molecule has 0 saturated carbocycles. The maximum atomic E-state index is 14.1. The zero-order chi connectivity index (χ0) is 15.6. The number of hydrogen-bond donors (Lipinski definition) is 3. The summed E-state index contributed by atoms with van der Waals surface area (Å²) < 4.78 is 14.1. The van der Waals surface area contributed by atoms with Gasteiger partial charge in [-0.15, -0.1) is 0 Å². The van der Waals surface area contributed by atoms with Crippen LogP contribution in [0.15, 0.2) is 12.1 Å². The average molecular weight is 293 g/mol. The van der Waals surface area contributed by atoms with Crippen LogP contribution in [-0.4, -0.2) is 17.4 Å². The lowest BCUT2D eigenvalue weighted by atomic mass is 9.93. The molecule has 0 atom stereocenters. The molecule has 0 fully saturated rings. The summed E-state index contributed by atoms with van der Waals surface area (Å²) in [6.07, 6.45) is 1.75. The second kappa shape index (κ2) is 5.81. The highest BCUT2D eigenvalue weighted by Crippen LogP contribution is 2.29.